The number of rotatable bonds is 6. The average Bonchev–Trinajstić information content (AvgIpc) is 2.28. The van der Waals surface area contributed by atoms with E-state index in [2.05, 4.69) is 10.0 Å². The molecule has 1 aromatic carbocycles. The maximum atomic E-state index is 11.9. The molecule has 18 heavy (non-hydrogen) atoms. The van der Waals surface area contributed by atoms with Crippen LogP contribution >= 0.6 is 0 Å². The second-order valence-corrected chi connectivity index (χ2v) is 5.54. The van der Waals surface area contributed by atoms with E-state index < -0.39 is 16.1 Å². The molecule has 6 nitrogen and oxygen atoms in total. The van der Waals surface area contributed by atoms with Gasteiger partial charge in [0, 0.05) is 12.2 Å². The second kappa shape index (κ2) is 6.36. The lowest BCUT2D eigenvalue weighted by Gasteiger charge is -2.08. The van der Waals surface area contributed by atoms with Crippen LogP contribution in [0.1, 0.15) is 19.8 Å². The van der Waals surface area contributed by atoms with Gasteiger partial charge in [-0.15, -0.1) is 0 Å². The van der Waals surface area contributed by atoms with E-state index >= 15 is 0 Å². The summed E-state index contributed by atoms with van der Waals surface area (Å²) < 4.78 is 26.3. The first-order valence-electron chi connectivity index (χ1n) is 5.62. The van der Waals surface area contributed by atoms with Gasteiger partial charge in [-0.1, -0.05) is 19.4 Å². The van der Waals surface area contributed by atoms with Crippen molar-refractivity contribution in [1.82, 2.24) is 4.72 Å². The number of hydrogen-bond acceptors (Lipinski definition) is 3. The summed E-state index contributed by atoms with van der Waals surface area (Å²) in [6.45, 7) is 2.37. The summed E-state index contributed by atoms with van der Waals surface area (Å²) >= 11 is 0. The highest BCUT2D eigenvalue weighted by Crippen LogP contribution is 2.15. The summed E-state index contributed by atoms with van der Waals surface area (Å²) in [5.41, 5.74) is 5.31. The molecule has 0 aliphatic carbocycles. The number of unbranched alkanes of at least 4 members (excludes halogenated alkanes) is 1. The molecule has 1 aromatic rings. The Balaban J connectivity index is 2.85. The molecule has 0 saturated heterocycles. The van der Waals surface area contributed by atoms with Gasteiger partial charge in [-0.3, -0.25) is 0 Å². The van der Waals surface area contributed by atoms with E-state index in [9.17, 15) is 13.2 Å². The Labute approximate surface area is 107 Å². The van der Waals surface area contributed by atoms with Gasteiger partial charge >= 0.3 is 6.03 Å². The number of hydrogen-bond donors (Lipinski definition) is 3. The number of primary amides is 1. The molecule has 0 aliphatic rings. The van der Waals surface area contributed by atoms with E-state index in [1.165, 1.54) is 12.1 Å². The lowest BCUT2D eigenvalue weighted by Crippen LogP contribution is -2.25. The topological polar surface area (TPSA) is 101 Å². The average molecular weight is 271 g/mol. The summed E-state index contributed by atoms with van der Waals surface area (Å²) in [5, 5.41) is 2.33. The highest BCUT2D eigenvalue weighted by atomic mass is 32.2. The van der Waals surface area contributed by atoms with E-state index in [0.717, 1.165) is 12.8 Å². The van der Waals surface area contributed by atoms with Crippen molar-refractivity contribution in [3.63, 3.8) is 0 Å². The molecule has 0 saturated carbocycles. The maximum Gasteiger partial charge on any atom is 0.316 e. The molecule has 0 aromatic heterocycles. The number of benzene rings is 1. The van der Waals surface area contributed by atoms with Crippen LogP contribution in [0.4, 0.5) is 10.5 Å². The monoisotopic (exact) mass is 271 g/mol. The summed E-state index contributed by atoms with van der Waals surface area (Å²) in [6.07, 6.45) is 1.68. The number of carbonyl (C=O) groups is 1. The van der Waals surface area contributed by atoms with Crippen LogP contribution in [0.5, 0.6) is 0 Å². The summed E-state index contributed by atoms with van der Waals surface area (Å²) in [4.78, 5) is 10.8. The fourth-order valence-electron chi connectivity index (χ4n) is 1.35. The van der Waals surface area contributed by atoms with Crippen LogP contribution in [0.15, 0.2) is 29.2 Å². The molecule has 0 atom stereocenters. The van der Waals surface area contributed by atoms with Crippen LogP contribution in [0.3, 0.4) is 0 Å². The number of nitrogens with one attached hydrogen (secondary N) is 2. The number of sulfonamides is 1. The summed E-state index contributed by atoms with van der Waals surface area (Å²) in [7, 11) is -3.53. The first-order valence-corrected chi connectivity index (χ1v) is 7.10. The Kier molecular flexibility index (Phi) is 5.11. The molecule has 0 fully saturated rings. The van der Waals surface area contributed by atoms with Gasteiger partial charge in [0.2, 0.25) is 10.0 Å². The Morgan fingerprint density at radius 1 is 1.39 bits per heavy atom. The zero-order chi connectivity index (χ0) is 13.6. The Hall–Kier alpha value is -1.60. The maximum absolute atomic E-state index is 11.9. The number of urea groups is 1. The van der Waals surface area contributed by atoms with Gasteiger partial charge in [0.25, 0.3) is 0 Å². The zero-order valence-electron chi connectivity index (χ0n) is 10.1. The van der Waals surface area contributed by atoms with Gasteiger partial charge < -0.3 is 11.1 Å². The highest BCUT2D eigenvalue weighted by molar-refractivity contribution is 7.89. The third-order valence-electron chi connectivity index (χ3n) is 2.23. The van der Waals surface area contributed by atoms with Gasteiger partial charge in [0.15, 0.2) is 0 Å². The van der Waals surface area contributed by atoms with E-state index in [-0.39, 0.29) is 4.90 Å². The Morgan fingerprint density at radius 3 is 2.72 bits per heavy atom. The van der Waals surface area contributed by atoms with E-state index in [1.807, 2.05) is 6.92 Å². The van der Waals surface area contributed by atoms with Crippen molar-refractivity contribution in [2.75, 3.05) is 11.9 Å². The van der Waals surface area contributed by atoms with Gasteiger partial charge in [-0.25, -0.2) is 17.9 Å². The van der Waals surface area contributed by atoms with Crippen LogP contribution in [0, 0.1) is 0 Å². The van der Waals surface area contributed by atoms with Crippen molar-refractivity contribution in [2.45, 2.75) is 24.7 Å². The van der Waals surface area contributed by atoms with Crippen molar-refractivity contribution in [3.8, 4) is 0 Å². The molecule has 0 aliphatic heterocycles. The number of nitrogens with two attached hydrogens (primary N) is 1. The minimum absolute atomic E-state index is 0.102. The minimum atomic E-state index is -3.53. The van der Waals surface area contributed by atoms with Crippen LogP contribution in [-0.2, 0) is 10.0 Å². The molecule has 0 radical (unpaired) electrons. The summed E-state index contributed by atoms with van der Waals surface area (Å²) in [6, 6.07) is 5.19. The number of anilines is 1. The van der Waals surface area contributed by atoms with Crippen molar-refractivity contribution in [3.05, 3.63) is 24.3 Å². The lowest BCUT2D eigenvalue weighted by molar-refractivity contribution is 0.259. The molecule has 100 valence electrons. The van der Waals surface area contributed by atoms with E-state index in [1.54, 1.807) is 12.1 Å². The van der Waals surface area contributed by atoms with Gasteiger partial charge in [-0.05, 0) is 24.6 Å². The molecular formula is C11H17N3O3S. The van der Waals surface area contributed by atoms with Gasteiger partial charge in [-0.2, -0.15) is 0 Å². The van der Waals surface area contributed by atoms with Crippen LogP contribution in [0.25, 0.3) is 0 Å². The predicted octanol–water partition coefficient (Wildman–Crippen LogP) is 1.26. The zero-order valence-corrected chi connectivity index (χ0v) is 11.0. The minimum Gasteiger partial charge on any atom is -0.351 e. The molecule has 0 unspecified atom stereocenters. The van der Waals surface area contributed by atoms with Gasteiger partial charge in [0.1, 0.15) is 0 Å². The van der Waals surface area contributed by atoms with E-state index in [4.69, 9.17) is 5.73 Å². The molecule has 4 N–H and O–H groups in total. The van der Waals surface area contributed by atoms with Crippen molar-refractivity contribution < 1.29 is 13.2 Å². The fourth-order valence-corrected chi connectivity index (χ4v) is 2.47. The van der Waals surface area contributed by atoms with Crippen LogP contribution < -0.4 is 15.8 Å². The lowest BCUT2D eigenvalue weighted by atomic mass is 10.3. The molecule has 0 heterocycles. The molecule has 0 spiro atoms. The van der Waals surface area contributed by atoms with Crippen molar-refractivity contribution in [2.24, 2.45) is 5.73 Å². The largest absolute Gasteiger partial charge is 0.351 e. The van der Waals surface area contributed by atoms with Crippen molar-refractivity contribution >= 4 is 21.7 Å². The SMILES string of the molecule is CCCCNS(=O)(=O)c1cccc(NC(N)=O)c1. The summed E-state index contributed by atoms with van der Waals surface area (Å²) in [5.74, 6) is 0. The third kappa shape index (κ3) is 4.34. The number of carbonyl (C=O) groups excluding carboxylic acids is 1. The Morgan fingerprint density at radius 2 is 2.11 bits per heavy atom. The smallest absolute Gasteiger partial charge is 0.316 e. The van der Waals surface area contributed by atoms with Crippen LogP contribution in [-0.4, -0.2) is 21.0 Å². The van der Waals surface area contributed by atoms with E-state index in [0.29, 0.717) is 12.2 Å². The first kappa shape index (κ1) is 14.5. The van der Waals surface area contributed by atoms with Gasteiger partial charge in [0.05, 0.1) is 4.90 Å². The molecule has 1 rings (SSSR count). The third-order valence-corrected chi connectivity index (χ3v) is 3.69. The highest BCUT2D eigenvalue weighted by Gasteiger charge is 2.13. The standard InChI is InChI=1S/C11H17N3O3S/c1-2-3-7-13-18(16,17)10-6-4-5-9(8-10)14-11(12)15/h4-6,8,13H,2-3,7H2,1H3,(H3,12,14,15). The second-order valence-electron chi connectivity index (χ2n) is 3.77. The quantitative estimate of drug-likeness (QED) is 0.679. The normalized spacial score (nSPS) is 11.2. The predicted molar refractivity (Wildman–Crippen MR) is 69.7 cm³/mol. The first-order chi connectivity index (χ1) is 8.45. The van der Waals surface area contributed by atoms with Crippen molar-refractivity contribution in [1.29, 1.82) is 0 Å². The molecule has 0 bridgehead atoms. The molecule has 2 amide bonds. The molecular weight excluding hydrogens is 254 g/mol. The Bertz CT molecular complexity index is 514. The molecule has 7 heteroatoms. The number of amides is 2. The van der Waals surface area contributed by atoms with Crippen LogP contribution in [0.2, 0.25) is 0 Å². The fraction of sp³-hybridized carbons (Fsp3) is 0.364.